The smallest absolute Gasteiger partial charge is 0.167 e. The largest absolute Gasteiger partial charge is 0.374 e. The van der Waals surface area contributed by atoms with Gasteiger partial charge >= 0.3 is 0 Å². The lowest BCUT2D eigenvalue weighted by atomic mass is 9.81. The van der Waals surface area contributed by atoms with Crippen LogP contribution in [0, 0.1) is 28.6 Å². The van der Waals surface area contributed by atoms with Crippen molar-refractivity contribution in [2.24, 2.45) is 5.92 Å². The molecule has 1 N–H and O–H groups in total. The summed E-state index contributed by atoms with van der Waals surface area (Å²) in [6.07, 6.45) is 4.08. The van der Waals surface area contributed by atoms with Crippen molar-refractivity contribution in [2.75, 3.05) is 0 Å². The maximum absolute atomic E-state index is 9.86. The normalized spacial score (nSPS) is 13.7. The van der Waals surface area contributed by atoms with Crippen LogP contribution in [0.3, 0.4) is 0 Å². The fourth-order valence-corrected chi connectivity index (χ4v) is 1.28. The second-order valence-electron chi connectivity index (χ2n) is 3.12. The highest BCUT2D eigenvalue weighted by atomic mass is 16.3. The summed E-state index contributed by atoms with van der Waals surface area (Å²) in [6, 6.07) is 3.60. The van der Waals surface area contributed by atoms with Crippen LogP contribution in [0.4, 0.5) is 0 Å². The van der Waals surface area contributed by atoms with Crippen LogP contribution in [0.2, 0.25) is 0 Å². The minimum atomic E-state index is -1.59. The van der Waals surface area contributed by atoms with Crippen molar-refractivity contribution in [3.8, 4) is 12.1 Å². The third-order valence-electron chi connectivity index (χ3n) is 2.12. The molecule has 0 aromatic rings. The van der Waals surface area contributed by atoms with E-state index in [1.165, 1.54) is 0 Å². The van der Waals surface area contributed by atoms with E-state index < -0.39 is 5.60 Å². The van der Waals surface area contributed by atoms with Crippen LogP contribution in [0.25, 0.3) is 0 Å². The van der Waals surface area contributed by atoms with Gasteiger partial charge in [-0.3, -0.25) is 0 Å². The molecule has 0 aliphatic rings. The summed E-state index contributed by atoms with van der Waals surface area (Å²) < 4.78 is 0. The van der Waals surface area contributed by atoms with Crippen LogP contribution in [-0.2, 0) is 0 Å². The van der Waals surface area contributed by atoms with Crippen LogP contribution in [0.15, 0.2) is 25.3 Å². The molecule has 74 valence electrons. The van der Waals surface area contributed by atoms with Crippen molar-refractivity contribution in [1.82, 2.24) is 0 Å². The van der Waals surface area contributed by atoms with Gasteiger partial charge in [-0.1, -0.05) is 12.2 Å². The van der Waals surface area contributed by atoms with Crippen molar-refractivity contribution in [3.05, 3.63) is 25.3 Å². The topological polar surface area (TPSA) is 67.8 Å². The predicted octanol–water partition coefficient (Wildman–Crippen LogP) is 1.92. The molecule has 0 aliphatic carbocycles. The number of hydrogen-bond acceptors (Lipinski definition) is 3. The van der Waals surface area contributed by atoms with Crippen LogP contribution in [0.5, 0.6) is 0 Å². The Balaban J connectivity index is 4.74. The Morgan fingerprint density at radius 2 is 1.79 bits per heavy atom. The lowest BCUT2D eigenvalue weighted by Crippen LogP contribution is -2.35. The van der Waals surface area contributed by atoms with Gasteiger partial charge in [-0.05, 0) is 12.8 Å². The Morgan fingerprint density at radius 3 is 2.07 bits per heavy atom. The highest BCUT2D eigenvalue weighted by Gasteiger charge is 2.35. The molecule has 0 fully saturated rings. The van der Waals surface area contributed by atoms with Crippen LogP contribution >= 0.6 is 0 Å². The molecule has 14 heavy (non-hydrogen) atoms. The number of nitrogens with zero attached hydrogens (tertiary/aromatic N) is 2. The van der Waals surface area contributed by atoms with Gasteiger partial charge in [0.2, 0.25) is 0 Å². The third-order valence-corrected chi connectivity index (χ3v) is 2.12. The molecule has 0 radical (unpaired) electrons. The first-order valence-corrected chi connectivity index (χ1v) is 4.37. The Kier molecular flexibility index (Phi) is 5.29. The van der Waals surface area contributed by atoms with E-state index in [-0.39, 0.29) is 12.3 Å². The number of allylic oxidation sites excluding steroid dienone is 2. The minimum absolute atomic E-state index is 0.185. The second kappa shape index (κ2) is 5.96. The molecule has 0 aromatic heterocycles. The number of aliphatic hydroxyl groups is 1. The molecule has 1 unspecified atom stereocenters. The summed E-state index contributed by atoms with van der Waals surface area (Å²) in [5.74, 6) is -0.304. The van der Waals surface area contributed by atoms with E-state index in [0.29, 0.717) is 12.8 Å². The molecule has 0 aliphatic heterocycles. The first-order chi connectivity index (χ1) is 6.64. The van der Waals surface area contributed by atoms with Gasteiger partial charge in [-0.25, -0.2) is 0 Å². The summed E-state index contributed by atoms with van der Waals surface area (Å²) in [7, 11) is 0. The van der Waals surface area contributed by atoms with Gasteiger partial charge in [-0.2, -0.15) is 10.5 Å². The SMILES string of the molecule is C=CCC(CC=C)C(O)(C#N)CC#N. The molecule has 0 bridgehead atoms. The second-order valence-corrected chi connectivity index (χ2v) is 3.12. The maximum atomic E-state index is 9.86. The van der Waals surface area contributed by atoms with E-state index in [4.69, 9.17) is 10.5 Å². The van der Waals surface area contributed by atoms with Gasteiger partial charge in [-0.15, -0.1) is 13.2 Å². The van der Waals surface area contributed by atoms with Crippen molar-refractivity contribution >= 4 is 0 Å². The van der Waals surface area contributed by atoms with E-state index in [1.807, 2.05) is 6.07 Å². The van der Waals surface area contributed by atoms with Crippen LogP contribution in [0.1, 0.15) is 19.3 Å². The van der Waals surface area contributed by atoms with Crippen molar-refractivity contribution in [1.29, 1.82) is 10.5 Å². The first-order valence-electron chi connectivity index (χ1n) is 4.37. The number of hydrogen-bond donors (Lipinski definition) is 1. The molecular formula is C11H14N2O. The molecule has 0 amide bonds. The molecule has 0 heterocycles. The number of rotatable bonds is 6. The molecule has 3 nitrogen and oxygen atoms in total. The zero-order valence-electron chi connectivity index (χ0n) is 8.11. The zero-order valence-corrected chi connectivity index (χ0v) is 8.11. The third kappa shape index (κ3) is 3.05. The van der Waals surface area contributed by atoms with E-state index in [1.54, 1.807) is 18.2 Å². The lowest BCUT2D eigenvalue weighted by Gasteiger charge is -2.26. The zero-order chi connectivity index (χ0) is 11.0. The summed E-state index contributed by atoms with van der Waals surface area (Å²) in [5.41, 5.74) is -1.59. The quantitative estimate of drug-likeness (QED) is 0.514. The Morgan fingerprint density at radius 1 is 1.29 bits per heavy atom. The van der Waals surface area contributed by atoms with Crippen LogP contribution in [-0.4, -0.2) is 10.7 Å². The lowest BCUT2D eigenvalue weighted by molar-refractivity contribution is 0.0420. The van der Waals surface area contributed by atoms with Gasteiger partial charge < -0.3 is 5.11 Å². The molecule has 0 spiro atoms. The van der Waals surface area contributed by atoms with E-state index in [9.17, 15) is 5.11 Å². The molecule has 0 rings (SSSR count). The summed E-state index contributed by atoms with van der Waals surface area (Å²) in [6.45, 7) is 7.11. The van der Waals surface area contributed by atoms with Gasteiger partial charge in [0.05, 0.1) is 18.6 Å². The molecule has 1 atom stereocenters. The monoisotopic (exact) mass is 190 g/mol. The van der Waals surface area contributed by atoms with E-state index in [0.717, 1.165) is 0 Å². The van der Waals surface area contributed by atoms with E-state index in [2.05, 4.69) is 13.2 Å². The Labute approximate surface area is 84.6 Å². The molecular weight excluding hydrogens is 176 g/mol. The Hall–Kier alpha value is -1.58. The average Bonchev–Trinajstić information content (AvgIpc) is 2.18. The molecule has 3 heteroatoms. The molecule has 0 aromatic carbocycles. The summed E-state index contributed by atoms with van der Waals surface area (Å²) in [4.78, 5) is 0. The highest BCUT2D eigenvalue weighted by molar-refractivity contribution is 5.10. The van der Waals surface area contributed by atoms with Gasteiger partial charge in [0, 0.05) is 5.92 Å². The van der Waals surface area contributed by atoms with Crippen molar-refractivity contribution < 1.29 is 5.11 Å². The summed E-state index contributed by atoms with van der Waals surface area (Å²) >= 11 is 0. The predicted molar refractivity (Wildman–Crippen MR) is 53.9 cm³/mol. The van der Waals surface area contributed by atoms with Crippen LogP contribution < -0.4 is 0 Å². The fraction of sp³-hybridized carbons (Fsp3) is 0.455. The fourth-order valence-electron chi connectivity index (χ4n) is 1.28. The summed E-state index contributed by atoms with van der Waals surface area (Å²) in [5, 5.41) is 27.2. The molecule has 0 saturated heterocycles. The average molecular weight is 190 g/mol. The standard InChI is InChI=1S/C11H14N2O/c1-3-5-10(6-4-2)11(14,9-13)7-8-12/h3-4,10,14H,1-2,5-7H2. The van der Waals surface area contributed by atoms with Crippen molar-refractivity contribution in [3.63, 3.8) is 0 Å². The first kappa shape index (κ1) is 12.4. The van der Waals surface area contributed by atoms with Gasteiger partial charge in [0.1, 0.15) is 0 Å². The van der Waals surface area contributed by atoms with Gasteiger partial charge in [0.25, 0.3) is 0 Å². The van der Waals surface area contributed by atoms with Gasteiger partial charge in [0.15, 0.2) is 5.60 Å². The highest BCUT2D eigenvalue weighted by Crippen LogP contribution is 2.27. The van der Waals surface area contributed by atoms with E-state index >= 15 is 0 Å². The molecule has 0 saturated carbocycles. The maximum Gasteiger partial charge on any atom is 0.167 e. The van der Waals surface area contributed by atoms with Crippen molar-refractivity contribution in [2.45, 2.75) is 24.9 Å². The minimum Gasteiger partial charge on any atom is -0.374 e. The Bertz CT molecular complexity index is 275. The number of nitriles is 2.